The predicted octanol–water partition coefficient (Wildman–Crippen LogP) is -0.0895. The number of rotatable bonds is 1. The van der Waals surface area contributed by atoms with Crippen LogP contribution >= 0.6 is 0 Å². The van der Waals surface area contributed by atoms with E-state index >= 15 is 0 Å². The van der Waals surface area contributed by atoms with E-state index in [1.807, 2.05) is 11.8 Å². The van der Waals surface area contributed by atoms with Crippen molar-refractivity contribution in [2.45, 2.75) is 13.0 Å². The second-order valence-electron chi connectivity index (χ2n) is 3.64. The third-order valence-corrected chi connectivity index (χ3v) is 2.54. The molecule has 1 aromatic rings. The minimum atomic E-state index is -0.0305. The van der Waals surface area contributed by atoms with E-state index in [1.165, 1.54) is 6.20 Å². The molecular weight excluding hydrogens is 192 g/mol. The van der Waals surface area contributed by atoms with Crippen molar-refractivity contribution in [1.82, 2.24) is 20.2 Å². The first-order valence-electron chi connectivity index (χ1n) is 5.07. The molecule has 5 heteroatoms. The summed E-state index contributed by atoms with van der Waals surface area (Å²) < 4.78 is 0. The van der Waals surface area contributed by atoms with Gasteiger partial charge in [0.2, 0.25) is 0 Å². The standard InChI is InChI=1S/C10H14N4O/c1-8-6-12-4-5-14(8)10(15)9-7-11-2-3-13-9/h2-3,7-8,12H,4-6H2,1H3/t8-/m0/s1. The Morgan fingerprint density at radius 2 is 2.47 bits per heavy atom. The zero-order valence-corrected chi connectivity index (χ0v) is 8.68. The van der Waals surface area contributed by atoms with Crippen LogP contribution in [-0.2, 0) is 0 Å². The quantitative estimate of drug-likeness (QED) is 0.697. The smallest absolute Gasteiger partial charge is 0.274 e. The van der Waals surface area contributed by atoms with Gasteiger partial charge in [-0.1, -0.05) is 0 Å². The van der Waals surface area contributed by atoms with Crippen LogP contribution in [0.2, 0.25) is 0 Å². The molecule has 5 nitrogen and oxygen atoms in total. The molecule has 0 saturated carbocycles. The highest BCUT2D eigenvalue weighted by atomic mass is 16.2. The molecule has 1 saturated heterocycles. The highest BCUT2D eigenvalue weighted by molar-refractivity contribution is 5.92. The molecule has 15 heavy (non-hydrogen) atoms. The summed E-state index contributed by atoms with van der Waals surface area (Å²) in [5.41, 5.74) is 0.422. The Labute approximate surface area is 88.5 Å². The second-order valence-corrected chi connectivity index (χ2v) is 3.64. The van der Waals surface area contributed by atoms with Gasteiger partial charge in [0.25, 0.3) is 5.91 Å². The van der Waals surface area contributed by atoms with E-state index in [2.05, 4.69) is 15.3 Å². The maximum atomic E-state index is 12.0. The molecule has 1 atom stereocenters. The first-order valence-corrected chi connectivity index (χ1v) is 5.07. The van der Waals surface area contributed by atoms with Gasteiger partial charge < -0.3 is 10.2 Å². The first kappa shape index (κ1) is 10.0. The Kier molecular flexibility index (Phi) is 2.91. The van der Waals surface area contributed by atoms with Gasteiger partial charge in [-0.25, -0.2) is 4.98 Å². The minimum Gasteiger partial charge on any atom is -0.332 e. The normalized spacial score (nSPS) is 21.4. The average Bonchev–Trinajstić information content (AvgIpc) is 2.30. The van der Waals surface area contributed by atoms with Crippen molar-refractivity contribution in [3.8, 4) is 0 Å². The van der Waals surface area contributed by atoms with Crippen molar-refractivity contribution in [2.24, 2.45) is 0 Å². The number of nitrogens with one attached hydrogen (secondary N) is 1. The molecule has 0 aliphatic carbocycles. The third-order valence-electron chi connectivity index (χ3n) is 2.54. The van der Waals surface area contributed by atoms with E-state index in [0.717, 1.165) is 19.6 Å². The van der Waals surface area contributed by atoms with Crippen molar-refractivity contribution in [2.75, 3.05) is 19.6 Å². The van der Waals surface area contributed by atoms with Crippen molar-refractivity contribution in [1.29, 1.82) is 0 Å². The predicted molar refractivity (Wildman–Crippen MR) is 55.4 cm³/mol. The Hall–Kier alpha value is -1.49. The first-order chi connectivity index (χ1) is 7.29. The number of carbonyl (C=O) groups excluding carboxylic acids is 1. The molecule has 2 rings (SSSR count). The lowest BCUT2D eigenvalue weighted by Gasteiger charge is -2.33. The van der Waals surface area contributed by atoms with Gasteiger partial charge in [-0.15, -0.1) is 0 Å². The molecule has 80 valence electrons. The minimum absolute atomic E-state index is 0.0305. The summed E-state index contributed by atoms with van der Waals surface area (Å²) in [6.45, 7) is 4.44. The summed E-state index contributed by atoms with van der Waals surface area (Å²) in [5, 5.41) is 3.24. The van der Waals surface area contributed by atoms with Crippen molar-refractivity contribution in [3.05, 3.63) is 24.3 Å². The zero-order valence-electron chi connectivity index (χ0n) is 8.68. The van der Waals surface area contributed by atoms with E-state index in [-0.39, 0.29) is 11.9 Å². The van der Waals surface area contributed by atoms with Gasteiger partial charge in [-0.05, 0) is 6.92 Å². The van der Waals surface area contributed by atoms with E-state index in [9.17, 15) is 4.79 Å². The van der Waals surface area contributed by atoms with Crippen LogP contribution in [0.4, 0.5) is 0 Å². The highest BCUT2D eigenvalue weighted by Gasteiger charge is 2.24. The summed E-state index contributed by atoms with van der Waals surface area (Å²) in [4.78, 5) is 21.8. The summed E-state index contributed by atoms with van der Waals surface area (Å²) >= 11 is 0. The van der Waals surface area contributed by atoms with Gasteiger partial charge in [0.1, 0.15) is 5.69 Å². The fraction of sp³-hybridized carbons (Fsp3) is 0.500. The third kappa shape index (κ3) is 2.12. The molecule has 0 bridgehead atoms. The van der Waals surface area contributed by atoms with Gasteiger partial charge in [0, 0.05) is 38.1 Å². The maximum Gasteiger partial charge on any atom is 0.274 e. The number of piperazine rings is 1. The molecule has 0 spiro atoms. The molecule has 1 amide bonds. The number of hydrogen-bond donors (Lipinski definition) is 1. The van der Waals surface area contributed by atoms with Crippen LogP contribution in [0.3, 0.4) is 0 Å². The largest absolute Gasteiger partial charge is 0.332 e. The molecule has 1 fully saturated rings. The molecule has 0 aromatic carbocycles. The number of carbonyl (C=O) groups is 1. The number of hydrogen-bond acceptors (Lipinski definition) is 4. The number of amides is 1. The SMILES string of the molecule is C[C@H]1CNCCN1C(=O)c1cnccn1. The summed E-state index contributed by atoms with van der Waals surface area (Å²) in [7, 11) is 0. The summed E-state index contributed by atoms with van der Waals surface area (Å²) in [6.07, 6.45) is 4.62. The van der Waals surface area contributed by atoms with E-state index < -0.39 is 0 Å². The van der Waals surface area contributed by atoms with Crippen LogP contribution in [0.25, 0.3) is 0 Å². The van der Waals surface area contributed by atoms with Crippen LogP contribution in [-0.4, -0.2) is 46.5 Å². The molecule has 0 unspecified atom stereocenters. The van der Waals surface area contributed by atoms with Gasteiger partial charge in [-0.2, -0.15) is 0 Å². The maximum absolute atomic E-state index is 12.0. The van der Waals surface area contributed by atoms with Crippen LogP contribution in [0.5, 0.6) is 0 Å². The lowest BCUT2D eigenvalue weighted by Crippen LogP contribution is -2.52. The topological polar surface area (TPSA) is 58.1 Å². The second kappa shape index (κ2) is 4.35. The summed E-state index contributed by atoms with van der Waals surface area (Å²) in [6, 6.07) is 0.216. The Morgan fingerprint density at radius 1 is 1.60 bits per heavy atom. The zero-order chi connectivity index (χ0) is 10.7. The van der Waals surface area contributed by atoms with Crippen LogP contribution in [0.1, 0.15) is 17.4 Å². The Bertz CT molecular complexity index is 341. The van der Waals surface area contributed by atoms with Crippen LogP contribution in [0.15, 0.2) is 18.6 Å². The van der Waals surface area contributed by atoms with Crippen molar-refractivity contribution < 1.29 is 4.79 Å². The number of nitrogens with zero attached hydrogens (tertiary/aromatic N) is 3. The van der Waals surface area contributed by atoms with Gasteiger partial charge >= 0.3 is 0 Å². The Morgan fingerprint density at radius 3 is 3.13 bits per heavy atom. The molecule has 1 aliphatic rings. The fourth-order valence-corrected chi connectivity index (χ4v) is 1.70. The van der Waals surface area contributed by atoms with Gasteiger partial charge in [-0.3, -0.25) is 9.78 Å². The monoisotopic (exact) mass is 206 g/mol. The molecular formula is C10H14N4O. The average molecular weight is 206 g/mol. The highest BCUT2D eigenvalue weighted by Crippen LogP contribution is 2.07. The molecule has 1 aromatic heterocycles. The van der Waals surface area contributed by atoms with E-state index in [4.69, 9.17) is 0 Å². The van der Waals surface area contributed by atoms with E-state index in [0.29, 0.717) is 5.69 Å². The molecule has 1 aliphatic heterocycles. The molecule has 0 radical (unpaired) electrons. The fourth-order valence-electron chi connectivity index (χ4n) is 1.70. The van der Waals surface area contributed by atoms with Crippen molar-refractivity contribution in [3.63, 3.8) is 0 Å². The van der Waals surface area contributed by atoms with Crippen LogP contribution in [0, 0.1) is 0 Å². The summed E-state index contributed by atoms with van der Waals surface area (Å²) in [5.74, 6) is -0.0305. The van der Waals surface area contributed by atoms with Crippen LogP contribution < -0.4 is 5.32 Å². The number of aromatic nitrogens is 2. The van der Waals surface area contributed by atoms with Gasteiger partial charge in [0.15, 0.2) is 0 Å². The van der Waals surface area contributed by atoms with Gasteiger partial charge in [0.05, 0.1) is 6.20 Å². The molecule has 2 heterocycles. The molecule has 1 N–H and O–H groups in total. The lowest BCUT2D eigenvalue weighted by atomic mass is 10.2. The lowest BCUT2D eigenvalue weighted by molar-refractivity contribution is 0.0649. The van der Waals surface area contributed by atoms with E-state index in [1.54, 1.807) is 12.4 Å². The van der Waals surface area contributed by atoms with Crippen molar-refractivity contribution >= 4 is 5.91 Å². The Balaban J connectivity index is 2.13.